The number of hydrogen-bond acceptors (Lipinski definition) is 7. The lowest BCUT2D eigenvalue weighted by atomic mass is 10.2. The molecule has 142 valence electrons. The number of ether oxygens (including phenoxy) is 1. The van der Waals surface area contributed by atoms with Crippen molar-refractivity contribution >= 4 is 40.1 Å². The zero-order valence-corrected chi connectivity index (χ0v) is 15.3. The third-order valence-electron chi connectivity index (χ3n) is 3.20. The van der Waals surface area contributed by atoms with E-state index in [1.54, 1.807) is 24.3 Å². The monoisotopic (exact) mass is 390 g/mol. The molecular weight excluding hydrogens is 372 g/mol. The van der Waals surface area contributed by atoms with E-state index >= 15 is 0 Å². The highest BCUT2D eigenvalue weighted by Gasteiger charge is 2.09. The van der Waals surface area contributed by atoms with Crippen molar-refractivity contribution in [3.8, 4) is 5.75 Å². The summed E-state index contributed by atoms with van der Waals surface area (Å²) in [4.78, 5) is 34.2. The van der Waals surface area contributed by atoms with Gasteiger partial charge in [0.05, 0.1) is 22.6 Å². The molecule has 0 radical (unpaired) electrons. The van der Waals surface area contributed by atoms with E-state index in [0.717, 1.165) is 11.3 Å². The summed E-state index contributed by atoms with van der Waals surface area (Å²) >= 11 is 0.943. The van der Waals surface area contributed by atoms with Crippen LogP contribution < -0.4 is 15.5 Å². The van der Waals surface area contributed by atoms with Gasteiger partial charge in [0.2, 0.25) is 11.8 Å². The Bertz CT molecular complexity index is 832. The number of nitrogens with zero attached hydrogens (tertiary/aromatic N) is 2. The van der Waals surface area contributed by atoms with Gasteiger partial charge in [-0.2, -0.15) is 5.10 Å². The molecule has 2 amide bonds. The first-order valence-corrected chi connectivity index (χ1v) is 8.88. The fourth-order valence-electron chi connectivity index (χ4n) is 1.99. The minimum Gasteiger partial charge on any atom is -0.494 e. The van der Waals surface area contributed by atoms with E-state index in [1.165, 1.54) is 18.3 Å². The first kappa shape index (κ1) is 20.0. The molecule has 2 aromatic rings. The predicted molar refractivity (Wildman–Crippen MR) is 102 cm³/mol. The number of hydrazone groups is 1. The molecule has 0 aliphatic carbocycles. The van der Waals surface area contributed by atoms with Crippen LogP contribution in [0.5, 0.6) is 5.75 Å². The van der Waals surface area contributed by atoms with Crippen molar-refractivity contribution in [1.29, 1.82) is 0 Å². The van der Waals surface area contributed by atoms with Crippen LogP contribution in [0.3, 0.4) is 0 Å². The number of nitro groups is 1. The molecule has 10 heteroatoms. The maximum absolute atomic E-state index is 11.9. The summed E-state index contributed by atoms with van der Waals surface area (Å²) < 4.78 is 5.32. The van der Waals surface area contributed by atoms with E-state index in [4.69, 9.17) is 4.74 Å². The van der Waals surface area contributed by atoms with Crippen molar-refractivity contribution in [2.24, 2.45) is 5.10 Å². The van der Waals surface area contributed by atoms with Crippen LogP contribution in [0.1, 0.15) is 24.6 Å². The quantitative estimate of drug-likeness (QED) is 0.387. The largest absolute Gasteiger partial charge is 0.494 e. The predicted octanol–water partition coefficient (Wildman–Crippen LogP) is 2.92. The molecule has 0 bridgehead atoms. The molecule has 27 heavy (non-hydrogen) atoms. The first-order chi connectivity index (χ1) is 13.0. The highest BCUT2D eigenvalue weighted by molar-refractivity contribution is 7.16. The van der Waals surface area contributed by atoms with E-state index in [9.17, 15) is 19.7 Å². The van der Waals surface area contributed by atoms with Gasteiger partial charge in [0.25, 0.3) is 0 Å². The Morgan fingerprint density at radius 1 is 1.19 bits per heavy atom. The summed E-state index contributed by atoms with van der Waals surface area (Å²) in [7, 11) is 0. The lowest BCUT2D eigenvalue weighted by Crippen LogP contribution is -2.20. The maximum atomic E-state index is 11.9. The molecular formula is C17H18N4O5S. The van der Waals surface area contributed by atoms with Gasteiger partial charge in [-0.1, -0.05) is 11.3 Å². The number of amides is 2. The van der Waals surface area contributed by atoms with Crippen molar-refractivity contribution < 1.29 is 19.2 Å². The van der Waals surface area contributed by atoms with Crippen LogP contribution in [0, 0.1) is 10.1 Å². The van der Waals surface area contributed by atoms with Crippen LogP contribution in [0.25, 0.3) is 0 Å². The van der Waals surface area contributed by atoms with E-state index in [-0.39, 0.29) is 23.7 Å². The topological polar surface area (TPSA) is 123 Å². The molecule has 0 aliphatic rings. The summed E-state index contributed by atoms with van der Waals surface area (Å²) in [6.45, 7) is 2.45. The fourth-order valence-corrected chi connectivity index (χ4v) is 2.68. The highest BCUT2D eigenvalue weighted by atomic mass is 32.1. The van der Waals surface area contributed by atoms with Crippen molar-refractivity contribution in [3.05, 3.63) is 51.4 Å². The van der Waals surface area contributed by atoms with Gasteiger partial charge in [0.1, 0.15) is 5.75 Å². The molecule has 0 fully saturated rings. The maximum Gasteiger partial charge on any atom is 0.324 e. The van der Waals surface area contributed by atoms with E-state index in [2.05, 4.69) is 15.8 Å². The van der Waals surface area contributed by atoms with Crippen LogP contribution >= 0.6 is 11.3 Å². The zero-order chi connectivity index (χ0) is 19.6. The zero-order valence-electron chi connectivity index (χ0n) is 14.5. The van der Waals surface area contributed by atoms with Gasteiger partial charge in [0, 0.05) is 24.6 Å². The van der Waals surface area contributed by atoms with Gasteiger partial charge < -0.3 is 10.1 Å². The Balaban J connectivity index is 1.71. The number of carbonyl (C=O) groups excluding carboxylic acids is 2. The molecule has 1 aromatic carbocycles. The van der Waals surface area contributed by atoms with Gasteiger partial charge >= 0.3 is 5.00 Å². The summed E-state index contributed by atoms with van der Waals surface area (Å²) in [6, 6.07) is 9.81. The van der Waals surface area contributed by atoms with Gasteiger partial charge in [0.15, 0.2) is 0 Å². The average molecular weight is 390 g/mol. The molecule has 2 rings (SSSR count). The minimum atomic E-state index is -0.496. The Kier molecular flexibility index (Phi) is 7.44. The Morgan fingerprint density at radius 2 is 1.89 bits per heavy atom. The number of carbonyl (C=O) groups is 2. The standard InChI is InChI=1S/C17H18N4O5S/c1-2-26-13-5-3-12(4-6-13)19-15(22)8-9-16(23)20-18-11-14-7-10-17(27-14)21(24)25/h3-7,10-11H,2,8-9H2,1H3,(H,19,22)(H,20,23). The minimum absolute atomic E-state index is 0.000954. The first-order valence-electron chi connectivity index (χ1n) is 8.06. The summed E-state index contributed by atoms with van der Waals surface area (Å²) in [6.07, 6.45) is 1.28. The van der Waals surface area contributed by atoms with Crippen LogP contribution in [0.15, 0.2) is 41.5 Å². The Morgan fingerprint density at radius 3 is 2.52 bits per heavy atom. The summed E-state index contributed by atoms with van der Waals surface area (Å²) in [5.41, 5.74) is 2.89. The lowest BCUT2D eigenvalue weighted by molar-refractivity contribution is -0.380. The van der Waals surface area contributed by atoms with Crippen LogP contribution in [-0.2, 0) is 9.59 Å². The highest BCUT2D eigenvalue weighted by Crippen LogP contribution is 2.22. The van der Waals surface area contributed by atoms with E-state index < -0.39 is 10.8 Å². The summed E-state index contributed by atoms with van der Waals surface area (Å²) in [5.74, 6) is -0.0184. The molecule has 0 saturated heterocycles. The van der Waals surface area contributed by atoms with Gasteiger partial charge in [-0.05, 0) is 37.3 Å². The molecule has 0 unspecified atom stereocenters. The second kappa shape index (κ2) is 10.0. The van der Waals surface area contributed by atoms with Gasteiger partial charge in [-0.3, -0.25) is 19.7 Å². The van der Waals surface area contributed by atoms with E-state index in [0.29, 0.717) is 22.9 Å². The van der Waals surface area contributed by atoms with Gasteiger partial charge in [-0.25, -0.2) is 5.43 Å². The molecule has 2 N–H and O–H groups in total. The Labute approximate surface area is 159 Å². The SMILES string of the molecule is CCOc1ccc(NC(=O)CCC(=O)NN=Cc2ccc([N+](=O)[O-])s2)cc1. The molecule has 1 heterocycles. The molecule has 0 saturated carbocycles. The van der Waals surface area contributed by atoms with Crippen LogP contribution in [0.2, 0.25) is 0 Å². The van der Waals surface area contributed by atoms with Crippen LogP contribution in [-0.4, -0.2) is 29.6 Å². The molecule has 0 atom stereocenters. The second-order valence-electron chi connectivity index (χ2n) is 5.23. The van der Waals surface area contributed by atoms with Gasteiger partial charge in [-0.15, -0.1) is 0 Å². The number of hydrogen-bond donors (Lipinski definition) is 2. The second-order valence-corrected chi connectivity index (χ2v) is 6.33. The smallest absolute Gasteiger partial charge is 0.324 e. The Hall–Kier alpha value is -3.27. The summed E-state index contributed by atoms with van der Waals surface area (Å²) in [5, 5.41) is 17.0. The van der Waals surface area contributed by atoms with Crippen LogP contribution in [0.4, 0.5) is 10.7 Å². The number of thiophene rings is 1. The molecule has 9 nitrogen and oxygen atoms in total. The number of benzene rings is 1. The molecule has 1 aromatic heterocycles. The number of rotatable bonds is 9. The third-order valence-corrected chi connectivity index (χ3v) is 4.17. The lowest BCUT2D eigenvalue weighted by Gasteiger charge is -2.06. The van der Waals surface area contributed by atoms with Crippen molar-refractivity contribution in [2.75, 3.05) is 11.9 Å². The van der Waals surface area contributed by atoms with Crippen molar-refractivity contribution in [3.63, 3.8) is 0 Å². The average Bonchev–Trinajstić information content (AvgIpc) is 3.11. The number of nitrogens with one attached hydrogen (secondary N) is 2. The van der Waals surface area contributed by atoms with Crippen molar-refractivity contribution in [2.45, 2.75) is 19.8 Å². The third kappa shape index (κ3) is 6.86. The number of anilines is 1. The normalized spacial score (nSPS) is 10.6. The molecule has 0 aliphatic heterocycles. The fraction of sp³-hybridized carbons (Fsp3) is 0.235. The molecule has 0 spiro atoms. The van der Waals surface area contributed by atoms with E-state index in [1.807, 2.05) is 6.92 Å². The van der Waals surface area contributed by atoms with Crippen molar-refractivity contribution in [1.82, 2.24) is 5.43 Å².